The van der Waals surface area contributed by atoms with E-state index in [1.165, 1.54) is 17.8 Å². The molecule has 2 aromatic rings. The van der Waals surface area contributed by atoms with Gasteiger partial charge in [-0.2, -0.15) is 0 Å². The Balaban J connectivity index is 1.33. The smallest absolute Gasteiger partial charge is 0.305 e. The number of rotatable bonds is 11. The number of phosphoric acid groups is 2. The summed E-state index contributed by atoms with van der Waals surface area (Å²) >= 11 is 0. The fraction of sp³-hybridized carbons (Fsp3) is 0.667. The quantitative estimate of drug-likeness (QED) is 0.121. The summed E-state index contributed by atoms with van der Waals surface area (Å²) in [5.41, 5.74) is 6.04. The van der Waals surface area contributed by atoms with E-state index in [4.69, 9.17) is 19.9 Å². The average molecular weight is 613 g/mol. The van der Waals surface area contributed by atoms with Crippen LogP contribution in [0.2, 0.25) is 0 Å². The molecule has 0 radical (unpaired) electrons. The lowest BCUT2D eigenvalue weighted by Crippen LogP contribution is -2.38. The zero-order chi connectivity index (χ0) is 29.4. The fourth-order valence-electron chi connectivity index (χ4n) is 3.89. The lowest BCUT2D eigenvalue weighted by molar-refractivity contribution is -0.247. The number of nitrogens with two attached hydrogens (primary N) is 1. The van der Waals surface area contributed by atoms with Crippen LogP contribution < -0.4 is 15.5 Å². The lowest BCUT2D eigenvalue weighted by atomic mass is 10.1. The predicted octanol–water partition coefficient (Wildman–Crippen LogP) is -3.59. The van der Waals surface area contributed by atoms with E-state index in [9.17, 15) is 44.1 Å². The molecular weight excluding hydrogens is 588 g/mol. The Bertz CT molecular complexity index is 1310. The molecule has 40 heavy (non-hydrogen) atoms. The predicted molar refractivity (Wildman–Crippen MR) is 121 cm³/mol. The standard InChI is InChI=1S/C18H27N5O15P2/c1-2-9(24)37-14-8(36-18(28)13(14)27)4-34-40(31,32)38-39(29,30)33-3-7-11(25)12(26)17(35-7)23-6-22-10-15(19)20-5-21-16(10)23/h5-8,11-14,17-18,25-28H,2-4H2,1H3,(H,29,30)(H,31,32)(H2,19,20,21)/p-2/t7-,8-,11-,12-,13-,14-,17-,18?/m1/s1. The molecule has 20 nitrogen and oxygen atoms in total. The van der Waals surface area contributed by atoms with Gasteiger partial charge in [0.05, 0.1) is 19.5 Å². The van der Waals surface area contributed by atoms with Crippen molar-refractivity contribution in [3.05, 3.63) is 12.7 Å². The largest absolute Gasteiger partial charge is 0.756 e. The number of carbonyl (C=O) groups is 1. The first kappa shape index (κ1) is 30.8. The second kappa shape index (κ2) is 12.0. The molecule has 2 fully saturated rings. The van der Waals surface area contributed by atoms with Gasteiger partial charge in [-0.3, -0.25) is 18.5 Å². The lowest BCUT2D eigenvalue weighted by Gasteiger charge is -2.32. The van der Waals surface area contributed by atoms with Crippen LogP contribution in [-0.4, -0.2) is 102 Å². The first-order chi connectivity index (χ1) is 18.7. The summed E-state index contributed by atoms with van der Waals surface area (Å²) in [6, 6.07) is 0. The molecule has 4 heterocycles. The van der Waals surface area contributed by atoms with Crippen molar-refractivity contribution in [1.29, 1.82) is 0 Å². The molecule has 224 valence electrons. The maximum absolute atomic E-state index is 12.2. The highest BCUT2D eigenvalue weighted by Gasteiger charge is 2.47. The maximum Gasteiger partial charge on any atom is 0.305 e. The van der Waals surface area contributed by atoms with Gasteiger partial charge in [-0.05, 0) is 0 Å². The molecule has 0 saturated carbocycles. The number of aliphatic hydroxyl groups is 4. The molecule has 0 amide bonds. The monoisotopic (exact) mass is 613 g/mol. The number of aromatic nitrogens is 4. The number of nitrogens with zero attached hydrogens (tertiary/aromatic N) is 4. The molecule has 2 aromatic heterocycles. The van der Waals surface area contributed by atoms with Gasteiger partial charge in [0, 0.05) is 6.42 Å². The number of carbonyl (C=O) groups excluding carboxylic acids is 1. The summed E-state index contributed by atoms with van der Waals surface area (Å²) in [4.78, 5) is 47.6. The van der Waals surface area contributed by atoms with Crippen LogP contribution >= 0.6 is 15.6 Å². The number of aliphatic hydroxyl groups excluding tert-OH is 4. The Morgan fingerprint density at radius 2 is 1.68 bits per heavy atom. The van der Waals surface area contributed by atoms with Crippen LogP contribution in [0.25, 0.3) is 11.2 Å². The Morgan fingerprint density at radius 3 is 2.33 bits per heavy atom. The van der Waals surface area contributed by atoms with Gasteiger partial charge in [0.2, 0.25) is 0 Å². The van der Waals surface area contributed by atoms with Gasteiger partial charge in [0.1, 0.15) is 42.4 Å². The van der Waals surface area contributed by atoms with E-state index in [0.717, 1.165) is 6.33 Å². The number of phosphoric ester groups is 2. The van der Waals surface area contributed by atoms with Crippen LogP contribution in [0.15, 0.2) is 12.7 Å². The normalized spacial score (nSPS) is 33.6. The Morgan fingerprint density at radius 1 is 1.02 bits per heavy atom. The molecule has 0 aromatic carbocycles. The summed E-state index contributed by atoms with van der Waals surface area (Å²) < 4.78 is 53.7. The molecule has 22 heteroatoms. The number of fused-ring (bicyclic) bond motifs is 1. The number of imidazole rings is 1. The molecule has 3 unspecified atom stereocenters. The molecule has 2 aliphatic heterocycles. The summed E-state index contributed by atoms with van der Waals surface area (Å²) in [6.07, 6.45) is -10.5. The van der Waals surface area contributed by atoms with E-state index in [1.54, 1.807) is 0 Å². The van der Waals surface area contributed by atoms with E-state index in [-0.39, 0.29) is 23.4 Å². The van der Waals surface area contributed by atoms with E-state index >= 15 is 0 Å². The number of hydrogen-bond acceptors (Lipinski definition) is 19. The molecule has 0 spiro atoms. The number of ether oxygens (including phenoxy) is 3. The van der Waals surface area contributed by atoms with Crippen LogP contribution in [0.4, 0.5) is 5.82 Å². The van der Waals surface area contributed by atoms with Gasteiger partial charge in [-0.1, -0.05) is 6.92 Å². The van der Waals surface area contributed by atoms with Crippen molar-refractivity contribution in [3.8, 4) is 0 Å². The minimum Gasteiger partial charge on any atom is -0.756 e. The topological polar surface area (TPSA) is 303 Å². The first-order valence-corrected chi connectivity index (χ1v) is 14.4. The second-order valence-corrected chi connectivity index (χ2v) is 11.5. The van der Waals surface area contributed by atoms with Crippen LogP contribution in [0, 0.1) is 0 Å². The highest BCUT2D eigenvalue weighted by molar-refractivity contribution is 7.59. The third-order valence-electron chi connectivity index (χ3n) is 5.86. The Kier molecular flexibility index (Phi) is 9.22. The molecule has 2 aliphatic rings. The van der Waals surface area contributed by atoms with Gasteiger partial charge in [-0.25, -0.2) is 19.3 Å². The van der Waals surface area contributed by atoms with Crippen LogP contribution in [0.3, 0.4) is 0 Å². The SMILES string of the molecule is CCC(=O)O[C@@H]1[C@@H](COP(=O)([O-])OP(=O)([O-])OC[C@H]2O[C@@H](n3cnc4c(N)ncnc43)[C@H](O)[C@@H]2O)OC(O)[C@@H]1O. The van der Waals surface area contributed by atoms with E-state index in [1.807, 2.05) is 0 Å². The number of nitrogen functional groups attached to an aromatic ring is 1. The summed E-state index contributed by atoms with van der Waals surface area (Å²) in [5.74, 6) is -0.761. The van der Waals surface area contributed by atoms with Crippen molar-refractivity contribution in [2.24, 2.45) is 0 Å². The number of anilines is 1. The summed E-state index contributed by atoms with van der Waals surface area (Å²) in [5, 5.41) is 40.2. The molecule has 10 atom stereocenters. The van der Waals surface area contributed by atoms with Gasteiger partial charge in [-0.15, -0.1) is 0 Å². The van der Waals surface area contributed by atoms with Gasteiger partial charge < -0.3 is 59.2 Å². The minimum atomic E-state index is -5.67. The second-order valence-electron chi connectivity index (χ2n) is 8.56. The molecule has 2 saturated heterocycles. The zero-order valence-corrected chi connectivity index (χ0v) is 22.2. The van der Waals surface area contributed by atoms with Gasteiger partial charge in [0.25, 0.3) is 15.6 Å². The van der Waals surface area contributed by atoms with Crippen molar-refractivity contribution < 1.29 is 71.7 Å². The van der Waals surface area contributed by atoms with E-state index < -0.39 is 84.0 Å². The minimum absolute atomic E-state index is 0.0368. The van der Waals surface area contributed by atoms with Gasteiger partial charge in [0.15, 0.2) is 30.1 Å². The molecular formula is C18H25N5O15P2-2. The van der Waals surface area contributed by atoms with E-state index in [2.05, 4.69) is 28.3 Å². The molecule has 0 bridgehead atoms. The fourth-order valence-corrected chi connectivity index (χ4v) is 5.90. The van der Waals surface area contributed by atoms with Crippen LogP contribution in [-0.2, 0) is 41.5 Å². The van der Waals surface area contributed by atoms with Crippen LogP contribution in [0.5, 0.6) is 0 Å². The van der Waals surface area contributed by atoms with Crippen molar-refractivity contribution in [3.63, 3.8) is 0 Å². The highest BCUT2D eigenvalue weighted by Crippen LogP contribution is 2.56. The average Bonchev–Trinajstić information content (AvgIpc) is 3.52. The summed E-state index contributed by atoms with van der Waals surface area (Å²) in [7, 11) is -11.3. The Hall–Kier alpha value is -2.16. The van der Waals surface area contributed by atoms with Gasteiger partial charge >= 0.3 is 5.97 Å². The van der Waals surface area contributed by atoms with Crippen molar-refractivity contribution in [2.45, 2.75) is 62.5 Å². The van der Waals surface area contributed by atoms with Crippen molar-refractivity contribution in [2.75, 3.05) is 18.9 Å². The zero-order valence-electron chi connectivity index (χ0n) is 20.4. The third-order valence-corrected chi connectivity index (χ3v) is 8.39. The third kappa shape index (κ3) is 6.66. The van der Waals surface area contributed by atoms with Crippen LogP contribution in [0.1, 0.15) is 19.6 Å². The Labute approximate surface area is 224 Å². The number of hydrogen-bond donors (Lipinski definition) is 5. The molecule has 6 N–H and O–H groups in total. The molecule has 4 rings (SSSR count). The highest BCUT2D eigenvalue weighted by atomic mass is 31.3. The van der Waals surface area contributed by atoms with Crippen molar-refractivity contribution in [1.82, 2.24) is 19.5 Å². The molecule has 0 aliphatic carbocycles. The summed E-state index contributed by atoms with van der Waals surface area (Å²) in [6.45, 7) is -0.556. The van der Waals surface area contributed by atoms with Crippen molar-refractivity contribution >= 4 is 38.6 Å². The number of esters is 1. The maximum atomic E-state index is 12.2. The first-order valence-electron chi connectivity index (χ1n) is 11.5. The van der Waals surface area contributed by atoms with E-state index in [0.29, 0.717) is 0 Å².